The fourth-order valence-electron chi connectivity index (χ4n) is 5.02. The average molecular weight is 545 g/mol. The molecule has 0 amide bonds. The third-order valence-electron chi connectivity index (χ3n) is 7.69. The van der Waals surface area contributed by atoms with E-state index < -0.39 is 0 Å². The number of ether oxygens (including phenoxy) is 1. The second kappa shape index (κ2) is 34.7. The van der Waals surface area contributed by atoms with Crippen molar-refractivity contribution in [2.75, 3.05) is 7.11 Å². The Morgan fingerprint density at radius 2 is 0.667 bits per heavy atom. The topological polar surface area (TPSA) is 26.3 Å². The SMILES string of the molecule is CCCCCCCCCCCCCC/C=C/CCCCC/C=C/CCCCC/C=C/CCCCCC(=O)OC. The molecule has 2 nitrogen and oxygen atoms in total. The van der Waals surface area contributed by atoms with Crippen LogP contribution in [0.4, 0.5) is 0 Å². The summed E-state index contributed by atoms with van der Waals surface area (Å²) in [5.41, 5.74) is 0. The van der Waals surface area contributed by atoms with Gasteiger partial charge < -0.3 is 4.74 Å². The monoisotopic (exact) mass is 545 g/mol. The lowest BCUT2D eigenvalue weighted by atomic mass is 10.0. The molecule has 0 bridgehead atoms. The van der Waals surface area contributed by atoms with Crippen LogP contribution in [0.2, 0.25) is 0 Å². The van der Waals surface area contributed by atoms with Crippen molar-refractivity contribution < 1.29 is 9.53 Å². The molecule has 0 aliphatic heterocycles. The molecule has 0 aromatic carbocycles. The zero-order valence-electron chi connectivity index (χ0n) is 26.6. The Hall–Kier alpha value is -1.31. The van der Waals surface area contributed by atoms with Crippen molar-refractivity contribution in [2.24, 2.45) is 0 Å². The number of rotatable bonds is 31. The van der Waals surface area contributed by atoms with Crippen LogP contribution in [0.1, 0.15) is 187 Å². The summed E-state index contributed by atoms with van der Waals surface area (Å²) in [5, 5.41) is 0. The van der Waals surface area contributed by atoms with E-state index >= 15 is 0 Å². The van der Waals surface area contributed by atoms with Gasteiger partial charge in [0, 0.05) is 6.42 Å². The van der Waals surface area contributed by atoms with E-state index in [1.807, 2.05) is 0 Å². The maximum absolute atomic E-state index is 11.0. The molecule has 0 aromatic heterocycles. The second-order valence-corrected chi connectivity index (χ2v) is 11.5. The summed E-state index contributed by atoms with van der Waals surface area (Å²) < 4.78 is 4.66. The van der Waals surface area contributed by atoms with Gasteiger partial charge in [0.05, 0.1) is 7.11 Å². The first kappa shape index (κ1) is 37.7. The first-order chi connectivity index (χ1) is 19.3. The Balaban J connectivity index is 3.21. The number of hydrogen-bond donors (Lipinski definition) is 0. The molecule has 39 heavy (non-hydrogen) atoms. The van der Waals surface area contributed by atoms with E-state index in [1.54, 1.807) is 0 Å². The molecule has 0 saturated carbocycles. The van der Waals surface area contributed by atoms with Crippen LogP contribution in [-0.2, 0) is 9.53 Å². The molecule has 0 aliphatic rings. The zero-order valence-corrected chi connectivity index (χ0v) is 26.6. The molecule has 0 N–H and O–H groups in total. The molecule has 0 fully saturated rings. The van der Waals surface area contributed by atoms with Gasteiger partial charge in [-0.15, -0.1) is 0 Å². The van der Waals surface area contributed by atoms with Gasteiger partial charge in [0.15, 0.2) is 0 Å². The number of carbonyl (C=O) groups is 1. The zero-order chi connectivity index (χ0) is 28.3. The summed E-state index contributed by atoms with van der Waals surface area (Å²) in [7, 11) is 1.46. The summed E-state index contributed by atoms with van der Waals surface area (Å²) in [6.45, 7) is 2.30. The van der Waals surface area contributed by atoms with Gasteiger partial charge in [-0.3, -0.25) is 4.79 Å². The van der Waals surface area contributed by atoms with Crippen molar-refractivity contribution in [3.63, 3.8) is 0 Å². The molecule has 0 aromatic rings. The lowest BCUT2D eigenvalue weighted by Crippen LogP contribution is -1.98. The number of hydrogen-bond acceptors (Lipinski definition) is 2. The van der Waals surface area contributed by atoms with Crippen molar-refractivity contribution >= 4 is 5.97 Å². The summed E-state index contributed by atoms with van der Waals surface area (Å²) in [6, 6.07) is 0. The van der Waals surface area contributed by atoms with Crippen LogP contribution in [0.5, 0.6) is 0 Å². The van der Waals surface area contributed by atoms with Gasteiger partial charge in [-0.25, -0.2) is 0 Å². The van der Waals surface area contributed by atoms with Gasteiger partial charge >= 0.3 is 5.97 Å². The van der Waals surface area contributed by atoms with Crippen LogP contribution in [0.25, 0.3) is 0 Å². The van der Waals surface area contributed by atoms with Crippen molar-refractivity contribution in [2.45, 2.75) is 187 Å². The van der Waals surface area contributed by atoms with Crippen LogP contribution < -0.4 is 0 Å². The van der Waals surface area contributed by atoms with Crippen LogP contribution >= 0.6 is 0 Å². The van der Waals surface area contributed by atoms with Gasteiger partial charge in [0.25, 0.3) is 0 Å². The Morgan fingerprint density at radius 3 is 0.974 bits per heavy atom. The minimum absolute atomic E-state index is 0.0845. The molecule has 0 rings (SSSR count). The summed E-state index contributed by atoms with van der Waals surface area (Å²) in [4.78, 5) is 11.0. The van der Waals surface area contributed by atoms with E-state index in [2.05, 4.69) is 48.1 Å². The quantitative estimate of drug-likeness (QED) is 0.0493. The average Bonchev–Trinajstić information content (AvgIpc) is 2.95. The maximum Gasteiger partial charge on any atom is 0.305 e. The summed E-state index contributed by atoms with van der Waals surface area (Å²) >= 11 is 0. The van der Waals surface area contributed by atoms with Crippen LogP contribution in [-0.4, -0.2) is 13.1 Å². The van der Waals surface area contributed by atoms with E-state index in [0.717, 1.165) is 19.3 Å². The third kappa shape index (κ3) is 34.7. The Kier molecular flexibility index (Phi) is 33.6. The normalized spacial score (nSPS) is 11.9. The van der Waals surface area contributed by atoms with Crippen molar-refractivity contribution in [1.29, 1.82) is 0 Å². The van der Waals surface area contributed by atoms with Gasteiger partial charge in [-0.05, 0) is 83.5 Å². The molecule has 228 valence electrons. The standard InChI is InChI=1S/C37H68O2/c1-3-4-5-6-7-8-9-10-11-12-13-14-15-16-17-18-19-20-21-22-23-24-25-26-27-28-29-30-31-32-33-34-35-36-37(38)39-2/h16-17,23-24,30-31H,3-15,18-22,25-29,32-36H2,1-2H3/b17-16+,24-23+,31-30+. The fourth-order valence-corrected chi connectivity index (χ4v) is 5.02. The van der Waals surface area contributed by atoms with Crippen molar-refractivity contribution in [3.8, 4) is 0 Å². The predicted octanol–water partition coefficient (Wildman–Crippen LogP) is 12.8. The van der Waals surface area contributed by atoms with Crippen molar-refractivity contribution in [3.05, 3.63) is 36.5 Å². The van der Waals surface area contributed by atoms with Gasteiger partial charge in [0.1, 0.15) is 0 Å². The predicted molar refractivity (Wildman–Crippen MR) is 174 cm³/mol. The number of allylic oxidation sites excluding steroid dienone is 6. The Morgan fingerprint density at radius 1 is 0.410 bits per heavy atom. The van der Waals surface area contributed by atoms with Gasteiger partial charge in [0.2, 0.25) is 0 Å². The van der Waals surface area contributed by atoms with Crippen LogP contribution in [0.3, 0.4) is 0 Å². The fraction of sp³-hybridized carbons (Fsp3) is 0.811. The second-order valence-electron chi connectivity index (χ2n) is 11.5. The number of unbranched alkanes of at least 4 members (excludes halogenated alkanes) is 23. The number of methoxy groups -OCH3 is 1. The number of carbonyl (C=O) groups excluding carboxylic acids is 1. The van der Waals surface area contributed by atoms with Crippen LogP contribution in [0, 0.1) is 0 Å². The summed E-state index contributed by atoms with van der Waals surface area (Å²) in [5.74, 6) is -0.0845. The minimum Gasteiger partial charge on any atom is -0.469 e. The molecule has 0 radical (unpaired) electrons. The van der Waals surface area contributed by atoms with E-state index in [9.17, 15) is 4.79 Å². The maximum atomic E-state index is 11.0. The molecular formula is C37H68O2. The highest BCUT2D eigenvalue weighted by molar-refractivity contribution is 5.68. The molecule has 2 heteroatoms. The smallest absolute Gasteiger partial charge is 0.305 e. The third-order valence-corrected chi connectivity index (χ3v) is 7.69. The number of esters is 1. The molecule has 0 unspecified atom stereocenters. The summed E-state index contributed by atoms with van der Waals surface area (Å²) in [6.07, 6.45) is 50.8. The Bertz CT molecular complexity index is 560. The lowest BCUT2D eigenvalue weighted by Gasteiger charge is -2.02. The van der Waals surface area contributed by atoms with E-state index in [-0.39, 0.29) is 5.97 Å². The molecule has 0 spiro atoms. The highest BCUT2D eigenvalue weighted by Gasteiger charge is 1.98. The largest absolute Gasteiger partial charge is 0.469 e. The molecule has 0 saturated heterocycles. The van der Waals surface area contributed by atoms with E-state index in [4.69, 9.17) is 0 Å². The first-order valence-corrected chi connectivity index (χ1v) is 17.3. The highest BCUT2D eigenvalue weighted by Crippen LogP contribution is 2.13. The lowest BCUT2D eigenvalue weighted by molar-refractivity contribution is -0.140. The minimum atomic E-state index is -0.0845. The van der Waals surface area contributed by atoms with E-state index in [1.165, 1.54) is 161 Å². The van der Waals surface area contributed by atoms with Crippen LogP contribution in [0.15, 0.2) is 36.5 Å². The van der Waals surface area contributed by atoms with Gasteiger partial charge in [-0.1, -0.05) is 133 Å². The van der Waals surface area contributed by atoms with E-state index in [0.29, 0.717) is 6.42 Å². The molecular weight excluding hydrogens is 476 g/mol. The highest BCUT2D eigenvalue weighted by atomic mass is 16.5. The Labute approximate surface area is 245 Å². The molecule has 0 atom stereocenters. The first-order valence-electron chi connectivity index (χ1n) is 17.3. The van der Waals surface area contributed by atoms with Crippen molar-refractivity contribution in [1.82, 2.24) is 0 Å². The molecule has 0 aliphatic carbocycles. The molecule has 0 heterocycles. The van der Waals surface area contributed by atoms with Gasteiger partial charge in [-0.2, -0.15) is 0 Å².